The normalized spacial score (nSPS) is 11.9. The Morgan fingerprint density at radius 2 is 1.81 bits per heavy atom. The van der Waals surface area contributed by atoms with Gasteiger partial charge in [-0.2, -0.15) is 5.10 Å². The first-order valence-electron chi connectivity index (χ1n) is 9.92. The van der Waals surface area contributed by atoms with Gasteiger partial charge in [-0.1, -0.05) is 30.3 Å². The molecule has 0 saturated carbocycles. The molecule has 3 aromatic rings. The highest BCUT2D eigenvalue weighted by Gasteiger charge is 2.18. The summed E-state index contributed by atoms with van der Waals surface area (Å²) in [7, 11) is 0. The smallest absolute Gasteiger partial charge is 0.343 e. The third kappa shape index (κ3) is 5.04. The lowest BCUT2D eigenvalue weighted by Gasteiger charge is -2.09. The molecule has 0 spiro atoms. The lowest BCUT2D eigenvalue weighted by Crippen LogP contribution is -2.26. The Labute approximate surface area is 184 Å². The van der Waals surface area contributed by atoms with Crippen LogP contribution < -0.4 is 25.0 Å². The van der Waals surface area contributed by atoms with E-state index in [9.17, 15) is 9.59 Å². The average molecular weight is 431 g/mol. The standard InChI is InChI=1S/C24H21N3O5/c1-16-6-2-4-8-19(16)25-14-23(28)27-26-13-18-7-3-5-9-20(18)32-24(29)17-10-11-21-22(12-17)31-15-30-21/h2-13,25H,14-15H2,1H3,(H,27,28)/b26-13+. The maximum atomic E-state index is 12.6. The highest BCUT2D eigenvalue weighted by atomic mass is 16.7. The number of ether oxygens (including phenoxy) is 3. The maximum absolute atomic E-state index is 12.6. The van der Waals surface area contributed by atoms with Crippen molar-refractivity contribution in [3.8, 4) is 17.2 Å². The Balaban J connectivity index is 1.35. The van der Waals surface area contributed by atoms with E-state index < -0.39 is 5.97 Å². The Hall–Kier alpha value is -4.33. The van der Waals surface area contributed by atoms with Crippen molar-refractivity contribution in [2.45, 2.75) is 6.92 Å². The van der Waals surface area contributed by atoms with Gasteiger partial charge in [-0.15, -0.1) is 0 Å². The van der Waals surface area contributed by atoms with Gasteiger partial charge in [0, 0.05) is 11.3 Å². The summed E-state index contributed by atoms with van der Waals surface area (Å²) in [4.78, 5) is 24.6. The van der Waals surface area contributed by atoms with Gasteiger partial charge in [0.2, 0.25) is 6.79 Å². The van der Waals surface area contributed by atoms with E-state index in [1.54, 1.807) is 42.5 Å². The zero-order chi connectivity index (χ0) is 22.3. The monoisotopic (exact) mass is 431 g/mol. The van der Waals surface area contributed by atoms with E-state index in [0.717, 1.165) is 11.3 Å². The fraction of sp³-hybridized carbons (Fsp3) is 0.125. The molecule has 0 radical (unpaired) electrons. The van der Waals surface area contributed by atoms with Crippen molar-refractivity contribution in [3.63, 3.8) is 0 Å². The number of rotatable bonds is 7. The van der Waals surface area contributed by atoms with Gasteiger partial charge >= 0.3 is 5.97 Å². The number of fused-ring (bicyclic) bond motifs is 1. The second-order valence-electron chi connectivity index (χ2n) is 6.96. The average Bonchev–Trinajstić information content (AvgIpc) is 3.27. The van der Waals surface area contributed by atoms with E-state index in [1.807, 2.05) is 31.2 Å². The first-order valence-corrected chi connectivity index (χ1v) is 9.92. The van der Waals surface area contributed by atoms with Crippen LogP contribution >= 0.6 is 0 Å². The SMILES string of the molecule is Cc1ccccc1NCC(=O)N/N=C/c1ccccc1OC(=O)c1ccc2c(c1)OCO2. The highest BCUT2D eigenvalue weighted by molar-refractivity contribution is 5.94. The minimum absolute atomic E-state index is 0.0724. The largest absolute Gasteiger partial charge is 0.454 e. The van der Waals surface area contributed by atoms with Crippen LogP contribution in [-0.4, -0.2) is 31.4 Å². The molecular formula is C24H21N3O5. The number of hydrogen-bond donors (Lipinski definition) is 2. The fourth-order valence-electron chi connectivity index (χ4n) is 3.02. The summed E-state index contributed by atoms with van der Waals surface area (Å²) in [6, 6.07) is 19.4. The van der Waals surface area contributed by atoms with Crippen molar-refractivity contribution in [2.75, 3.05) is 18.7 Å². The minimum atomic E-state index is -0.546. The molecule has 4 rings (SSSR count). The van der Waals surface area contributed by atoms with Gasteiger partial charge in [-0.3, -0.25) is 4.79 Å². The molecule has 32 heavy (non-hydrogen) atoms. The van der Waals surface area contributed by atoms with Gasteiger partial charge in [-0.05, 0) is 48.9 Å². The predicted molar refractivity (Wildman–Crippen MR) is 119 cm³/mol. The third-order valence-corrected chi connectivity index (χ3v) is 4.71. The summed E-state index contributed by atoms with van der Waals surface area (Å²) in [6.07, 6.45) is 1.42. The number of nitrogens with one attached hydrogen (secondary N) is 2. The van der Waals surface area contributed by atoms with Crippen LogP contribution in [0.4, 0.5) is 5.69 Å². The number of carbonyl (C=O) groups is 2. The minimum Gasteiger partial charge on any atom is -0.454 e. The van der Waals surface area contributed by atoms with E-state index in [1.165, 1.54) is 6.21 Å². The van der Waals surface area contributed by atoms with Gasteiger partial charge < -0.3 is 19.5 Å². The summed E-state index contributed by atoms with van der Waals surface area (Å²) < 4.78 is 16.1. The maximum Gasteiger partial charge on any atom is 0.343 e. The summed E-state index contributed by atoms with van der Waals surface area (Å²) in [5.74, 6) is 0.541. The quantitative estimate of drug-likeness (QED) is 0.257. The second kappa shape index (κ2) is 9.65. The van der Waals surface area contributed by atoms with Crippen molar-refractivity contribution in [1.29, 1.82) is 0 Å². The van der Waals surface area contributed by atoms with Crippen LogP contribution in [0.5, 0.6) is 17.2 Å². The molecule has 0 unspecified atom stereocenters. The zero-order valence-electron chi connectivity index (χ0n) is 17.3. The molecule has 8 heteroatoms. The van der Waals surface area contributed by atoms with Gasteiger partial charge in [0.1, 0.15) is 5.75 Å². The predicted octanol–water partition coefficient (Wildman–Crippen LogP) is 3.51. The van der Waals surface area contributed by atoms with Crippen molar-refractivity contribution < 1.29 is 23.8 Å². The Bertz CT molecular complexity index is 1180. The van der Waals surface area contributed by atoms with Crippen molar-refractivity contribution in [2.24, 2.45) is 5.10 Å². The molecule has 1 aliphatic rings. The Morgan fingerprint density at radius 1 is 1.03 bits per heavy atom. The molecule has 0 fully saturated rings. The zero-order valence-corrected chi connectivity index (χ0v) is 17.3. The van der Waals surface area contributed by atoms with E-state index in [4.69, 9.17) is 14.2 Å². The van der Waals surface area contributed by atoms with E-state index in [-0.39, 0.29) is 19.2 Å². The highest BCUT2D eigenvalue weighted by Crippen LogP contribution is 2.32. The van der Waals surface area contributed by atoms with Crippen molar-refractivity contribution in [3.05, 3.63) is 83.4 Å². The van der Waals surface area contributed by atoms with Crippen LogP contribution in [0.1, 0.15) is 21.5 Å². The lowest BCUT2D eigenvalue weighted by atomic mass is 10.2. The first kappa shape index (κ1) is 20.9. The van der Waals surface area contributed by atoms with Crippen LogP contribution in [0.15, 0.2) is 71.8 Å². The number of aryl methyl sites for hydroxylation is 1. The number of nitrogens with zero attached hydrogens (tertiary/aromatic N) is 1. The first-order chi connectivity index (χ1) is 15.6. The number of amides is 1. The number of carbonyl (C=O) groups excluding carboxylic acids is 2. The summed E-state index contributed by atoms with van der Waals surface area (Å²) >= 11 is 0. The molecule has 1 heterocycles. The summed E-state index contributed by atoms with van der Waals surface area (Å²) in [5.41, 5.74) is 5.25. The van der Waals surface area contributed by atoms with Crippen molar-refractivity contribution >= 4 is 23.8 Å². The van der Waals surface area contributed by atoms with E-state index >= 15 is 0 Å². The summed E-state index contributed by atoms with van der Waals surface area (Å²) in [5, 5.41) is 7.03. The number of hydrazone groups is 1. The molecule has 0 saturated heterocycles. The molecule has 2 N–H and O–H groups in total. The Kier molecular flexibility index (Phi) is 6.31. The van der Waals surface area contributed by atoms with Gasteiger partial charge in [-0.25, -0.2) is 10.2 Å². The molecule has 1 aliphatic heterocycles. The van der Waals surface area contributed by atoms with Gasteiger partial charge in [0.25, 0.3) is 5.91 Å². The lowest BCUT2D eigenvalue weighted by molar-refractivity contribution is -0.119. The molecular weight excluding hydrogens is 410 g/mol. The molecule has 162 valence electrons. The van der Waals surface area contributed by atoms with Crippen LogP contribution in [0.25, 0.3) is 0 Å². The van der Waals surface area contributed by atoms with Gasteiger partial charge in [0.15, 0.2) is 11.5 Å². The Morgan fingerprint density at radius 3 is 2.69 bits per heavy atom. The molecule has 0 aliphatic carbocycles. The molecule has 3 aromatic carbocycles. The molecule has 0 atom stereocenters. The van der Waals surface area contributed by atoms with Crippen molar-refractivity contribution in [1.82, 2.24) is 5.43 Å². The van der Waals surface area contributed by atoms with Crippen LogP contribution in [0.2, 0.25) is 0 Å². The van der Waals surface area contributed by atoms with Crippen LogP contribution in [0, 0.1) is 6.92 Å². The molecule has 0 bridgehead atoms. The van der Waals surface area contributed by atoms with Crippen LogP contribution in [-0.2, 0) is 4.79 Å². The van der Waals surface area contributed by atoms with E-state index in [0.29, 0.717) is 28.4 Å². The number of hydrogen-bond acceptors (Lipinski definition) is 7. The number of benzene rings is 3. The number of anilines is 1. The topological polar surface area (TPSA) is 98.2 Å². The van der Waals surface area contributed by atoms with Crippen LogP contribution in [0.3, 0.4) is 0 Å². The third-order valence-electron chi connectivity index (χ3n) is 4.71. The molecule has 1 amide bonds. The molecule has 0 aromatic heterocycles. The van der Waals surface area contributed by atoms with Gasteiger partial charge in [0.05, 0.1) is 18.3 Å². The fourth-order valence-corrected chi connectivity index (χ4v) is 3.02. The van der Waals surface area contributed by atoms with E-state index in [2.05, 4.69) is 15.8 Å². The summed E-state index contributed by atoms with van der Waals surface area (Å²) in [6.45, 7) is 2.16. The molecule has 8 nitrogen and oxygen atoms in total. The number of esters is 1. The second-order valence-corrected chi connectivity index (χ2v) is 6.96. The number of para-hydroxylation sites is 2.